The van der Waals surface area contributed by atoms with Gasteiger partial charge in [0.25, 0.3) is 0 Å². The maximum absolute atomic E-state index is 13.3. The van der Waals surface area contributed by atoms with Crippen LogP contribution in [0.1, 0.15) is 11.1 Å². The van der Waals surface area contributed by atoms with E-state index in [1.54, 1.807) is 6.07 Å². The Kier molecular flexibility index (Phi) is 3.77. The molecular formula is C10H11BrFNO. The van der Waals surface area contributed by atoms with E-state index in [1.165, 1.54) is 6.07 Å². The molecule has 0 aliphatic heterocycles. The molecule has 76 valence electrons. The van der Waals surface area contributed by atoms with Crippen molar-refractivity contribution in [1.29, 1.82) is 0 Å². The van der Waals surface area contributed by atoms with E-state index in [9.17, 15) is 9.18 Å². The molecule has 2 nitrogen and oxygen atoms in total. The molecule has 0 heterocycles. The summed E-state index contributed by atoms with van der Waals surface area (Å²) in [6.07, 6.45) is 0.0659. The van der Waals surface area contributed by atoms with E-state index >= 15 is 0 Å². The van der Waals surface area contributed by atoms with Crippen molar-refractivity contribution >= 4 is 21.7 Å². The van der Waals surface area contributed by atoms with Crippen molar-refractivity contribution in [3.05, 3.63) is 33.5 Å². The number of halogens is 2. The lowest BCUT2D eigenvalue weighted by atomic mass is 10.1. The second-order valence-corrected chi connectivity index (χ2v) is 3.97. The van der Waals surface area contributed by atoms with Gasteiger partial charge in [-0.3, -0.25) is 4.79 Å². The van der Waals surface area contributed by atoms with Gasteiger partial charge in [-0.15, -0.1) is 0 Å². The predicted octanol–water partition coefficient (Wildman–Crippen LogP) is 1.97. The lowest BCUT2D eigenvalue weighted by molar-refractivity contribution is -0.117. The van der Waals surface area contributed by atoms with Gasteiger partial charge in [0.1, 0.15) is 5.82 Å². The van der Waals surface area contributed by atoms with Gasteiger partial charge < -0.3 is 5.73 Å². The fourth-order valence-corrected chi connectivity index (χ4v) is 1.45. The first kappa shape index (κ1) is 11.3. The fraction of sp³-hybridized carbons (Fsp3) is 0.300. The first-order chi connectivity index (χ1) is 6.54. The molecule has 0 fully saturated rings. The first-order valence-corrected chi connectivity index (χ1v) is 5.00. The van der Waals surface area contributed by atoms with E-state index in [-0.39, 0.29) is 24.6 Å². The van der Waals surface area contributed by atoms with Crippen molar-refractivity contribution in [1.82, 2.24) is 0 Å². The number of carbonyl (C=O) groups is 1. The van der Waals surface area contributed by atoms with Crippen molar-refractivity contribution in [3.8, 4) is 0 Å². The van der Waals surface area contributed by atoms with Gasteiger partial charge in [-0.25, -0.2) is 4.39 Å². The largest absolute Gasteiger partial charge is 0.324 e. The number of hydrogen-bond acceptors (Lipinski definition) is 2. The molecule has 0 bridgehead atoms. The number of ketones is 1. The maximum atomic E-state index is 13.3. The summed E-state index contributed by atoms with van der Waals surface area (Å²) >= 11 is 3.21. The van der Waals surface area contributed by atoms with Crippen molar-refractivity contribution in [3.63, 3.8) is 0 Å². The summed E-state index contributed by atoms with van der Waals surface area (Å²) in [7, 11) is 0. The minimum absolute atomic E-state index is 0.0471. The normalized spacial score (nSPS) is 10.3. The first-order valence-electron chi connectivity index (χ1n) is 4.21. The molecule has 0 atom stereocenters. The molecule has 0 amide bonds. The third kappa shape index (κ3) is 2.62. The van der Waals surface area contributed by atoms with Gasteiger partial charge in [0.15, 0.2) is 5.78 Å². The monoisotopic (exact) mass is 259 g/mol. The molecule has 4 heteroatoms. The topological polar surface area (TPSA) is 43.1 Å². The fourth-order valence-electron chi connectivity index (χ4n) is 1.14. The summed E-state index contributed by atoms with van der Waals surface area (Å²) in [5, 5.41) is 0. The number of carbonyl (C=O) groups excluding carboxylic acids is 1. The lowest BCUT2D eigenvalue weighted by Gasteiger charge is -2.05. The van der Waals surface area contributed by atoms with Gasteiger partial charge in [0.2, 0.25) is 0 Å². The highest BCUT2D eigenvalue weighted by molar-refractivity contribution is 9.10. The zero-order valence-corrected chi connectivity index (χ0v) is 9.40. The van der Waals surface area contributed by atoms with E-state index in [2.05, 4.69) is 15.9 Å². The molecule has 0 radical (unpaired) electrons. The molecule has 0 saturated heterocycles. The molecule has 0 spiro atoms. The quantitative estimate of drug-likeness (QED) is 0.902. The Morgan fingerprint density at radius 3 is 2.79 bits per heavy atom. The van der Waals surface area contributed by atoms with Gasteiger partial charge in [0.05, 0.1) is 6.54 Å². The Morgan fingerprint density at radius 2 is 2.21 bits per heavy atom. The smallest absolute Gasteiger partial charge is 0.150 e. The van der Waals surface area contributed by atoms with E-state index in [4.69, 9.17) is 5.73 Å². The average Bonchev–Trinajstić information content (AvgIpc) is 2.14. The van der Waals surface area contributed by atoms with Gasteiger partial charge in [-0.2, -0.15) is 0 Å². The van der Waals surface area contributed by atoms with Crippen LogP contribution in [-0.2, 0) is 11.2 Å². The van der Waals surface area contributed by atoms with Gasteiger partial charge in [-0.05, 0) is 24.1 Å². The van der Waals surface area contributed by atoms with Crippen LogP contribution >= 0.6 is 15.9 Å². The van der Waals surface area contributed by atoms with Crippen molar-refractivity contribution < 1.29 is 9.18 Å². The number of aryl methyl sites for hydroxylation is 1. The maximum Gasteiger partial charge on any atom is 0.150 e. The summed E-state index contributed by atoms with van der Waals surface area (Å²) in [4.78, 5) is 11.0. The standard InChI is InChI=1S/C10H11BrFNO/c1-6-2-7(3-8(14)5-13)10(12)4-9(6)11/h2,4H,3,5,13H2,1H3. The Hall–Kier alpha value is -0.740. The van der Waals surface area contributed by atoms with Gasteiger partial charge in [-0.1, -0.05) is 22.0 Å². The molecule has 1 rings (SSSR count). The zero-order chi connectivity index (χ0) is 10.7. The van der Waals surface area contributed by atoms with Crippen LogP contribution in [0.3, 0.4) is 0 Å². The van der Waals surface area contributed by atoms with Crippen LogP contribution in [0.5, 0.6) is 0 Å². The molecule has 1 aromatic rings. The van der Waals surface area contributed by atoms with E-state index in [1.807, 2.05) is 6.92 Å². The van der Waals surface area contributed by atoms with Crippen molar-refractivity contribution in [2.75, 3.05) is 6.54 Å². The molecule has 1 aromatic carbocycles. The summed E-state index contributed by atoms with van der Waals surface area (Å²) in [6, 6.07) is 3.03. The molecule has 2 N–H and O–H groups in total. The molecule has 0 aliphatic rings. The van der Waals surface area contributed by atoms with Crippen LogP contribution in [0.4, 0.5) is 4.39 Å². The molecule has 14 heavy (non-hydrogen) atoms. The summed E-state index contributed by atoms with van der Waals surface area (Å²) in [5.74, 6) is -0.533. The second-order valence-electron chi connectivity index (χ2n) is 3.11. The highest BCUT2D eigenvalue weighted by Gasteiger charge is 2.09. The van der Waals surface area contributed by atoms with E-state index in [0.717, 1.165) is 5.56 Å². The molecule has 0 aliphatic carbocycles. The molecule has 0 saturated carbocycles. The van der Waals surface area contributed by atoms with Crippen LogP contribution in [0.25, 0.3) is 0 Å². The minimum Gasteiger partial charge on any atom is -0.324 e. The predicted molar refractivity (Wildman–Crippen MR) is 56.6 cm³/mol. The lowest BCUT2D eigenvalue weighted by Crippen LogP contribution is -2.16. The Balaban J connectivity index is 2.98. The number of hydrogen-bond donors (Lipinski definition) is 1. The zero-order valence-electron chi connectivity index (χ0n) is 7.81. The highest BCUT2D eigenvalue weighted by Crippen LogP contribution is 2.20. The highest BCUT2D eigenvalue weighted by atomic mass is 79.9. The number of nitrogens with two attached hydrogens (primary N) is 1. The van der Waals surface area contributed by atoms with E-state index < -0.39 is 0 Å². The third-order valence-corrected chi connectivity index (χ3v) is 2.80. The Morgan fingerprint density at radius 1 is 1.57 bits per heavy atom. The number of rotatable bonds is 3. The van der Waals surface area contributed by atoms with Gasteiger partial charge >= 0.3 is 0 Å². The third-order valence-electron chi connectivity index (χ3n) is 1.94. The minimum atomic E-state index is -0.371. The summed E-state index contributed by atoms with van der Waals surface area (Å²) in [5.41, 5.74) is 6.47. The van der Waals surface area contributed by atoms with Crippen LogP contribution in [0, 0.1) is 12.7 Å². The van der Waals surface area contributed by atoms with Crippen LogP contribution in [0.15, 0.2) is 16.6 Å². The molecular weight excluding hydrogens is 249 g/mol. The summed E-state index contributed by atoms with van der Waals surface area (Å²) in [6.45, 7) is 1.80. The molecule has 0 unspecified atom stereocenters. The van der Waals surface area contributed by atoms with Crippen molar-refractivity contribution in [2.45, 2.75) is 13.3 Å². The SMILES string of the molecule is Cc1cc(CC(=O)CN)c(F)cc1Br. The Bertz CT molecular complexity index is 365. The summed E-state index contributed by atoms with van der Waals surface area (Å²) < 4.78 is 14.0. The van der Waals surface area contributed by atoms with Crippen molar-refractivity contribution in [2.24, 2.45) is 5.73 Å². The average molecular weight is 260 g/mol. The second kappa shape index (κ2) is 4.66. The number of Topliss-reactive ketones (excluding diaryl/α,β-unsaturated/α-hetero) is 1. The molecule has 0 aromatic heterocycles. The van der Waals surface area contributed by atoms with Crippen LogP contribution in [-0.4, -0.2) is 12.3 Å². The van der Waals surface area contributed by atoms with E-state index in [0.29, 0.717) is 10.0 Å². The van der Waals surface area contributed by atoms with Crippen LogP contribution < -0.4 is 5.73 Å². The Labute approximate surface area is 90.4 Å². The number of benzene rings is 1. The van der Waals surface area contributed by atoms with Gasteiger partial charge in [0, 0.05) is 10.9 Å². The van der Waals surface area contributed by atoms with Crippen LogP contribution in [0.2, 0.25) is 0 Å².